The second-order valence-electron chi connectivity index (χ2n) is 6.13. The van der Waals surface area contributed by atoms with Crippen LogP contribution in [-0.4, -0.2) is 9.49 Å². The lowest BCUT2D eigenvalue weighted by atomic mass is 10.1. The molecule has 2 aromatic carbocycles. The Hall–Kier alpha value is -2.88. The zero-order valence-electron chi connectivity index (χ0n) is 14.1. The number of hydrogen-bond acceptors (Lipinski definition) is 2. The number of rotatable bonds is 4. The van der Waals surface area contributed by atoms with E-state index in [0.717, 1.165) is 34.9 Å². The second-order valence-corrected chi connectivity index (χ2v) is 6.13. The van der Waals surface area contributed by atoms with Gasteiger partial charge in [0.1, 0.15) is 0 Å². The highest BCUT2D eigenvalue weighted by Gasteiger charge is 2.13. The topological polar surface area (TPSA) is 48.1 Å². The summed E-state index contributed by atoms with van der Waals surface area (Å²) in [6, 6.07) is 14.5. The van der Waals surface area contributed by atoms with Crippen molar-refractivity contribution in [1.29, 1.82) is 0 Å². The Kier molecular flexibility index (Phi) is 4.21. The first-order valence-corrected chi connectivity index (χ1v) is 7.93. The van der Waals surface area contributed by atoms with Crippen LogP contribution in [0, 0.1) is 30.9 Å². The molecule has 0 N–H and O–H groups in total. The van der Waals surface area contributed by atoms with Crippen molar-refractivity contribution in [2.45, 2.75) is 27.3 Å². The summed E-state index contributed by atoms with van der Waals surface area (Å²) >= 11 is 0. The summed E-state index contributed by atoms with van der Waals surface area (Å²) in [5, 5.41) is 11.8. The first-order chi connectivity index (χ1) is 11.5. The molecular formula is C20H20N2O2. The number of nitrogens with zero attached hydrogens (tertiary/aromatic N) is 2. The highest BCUT2D eigenvalue weighted by Crippen LogP contribution is 2.28. The Labute approximate surface area is 141 Å². The van der Waals surface area contributed by atoms with E-state index in [1.54, 1.807) is 6.08 Å². The molecule has 1 aromatic heterocycles. The average molecular weight is 320 g/mol. The quantitative estimate of drug-likeness (QED) is 0.509. The Bertz CT molecular complexity index is 952. The Morgan fingerprint density at radius 2 is 1.88 bits per heavy atom. The summed E-state index contributed by atoms with van der Waals surface area (Å²) in [5.41, 5.74) is 6.80. The molecule has 0 bridgehead atoms. The van der Waals surface area contributed by atoms with E-state index in [0.29, 0.717) is 0 Å². The van der Waals surface area contributed by atoms with Crippen molar-refractivity contribution in [2.75, 3.05) is 0 Å². The monoisotopic (exact) mass is 320 g/mol. The van der Waals surface area contributed by atoms with Gasteiger partial charge in [0.15, 0.2) is 0 Å². The fourth-order valence-corrected chi connectivity index (χ4v) is 3.15. The maximum Gasteiger partial charge on any atom is 0.235 e. The molecule has 0 aliphatic heterocycles. The van der Waals surface area contributed by atoms with Crippen molar-refractivity contribution in [3.8, 4) is 0 Å². The standard InChI is InChI=1S/C20H20N2O2/c1-14-8-9-15(2)17(12-14)13-21-16(3)18(10-11-22(23)24)19-6-4-5-7-20(19)21/h4-12H,13H2,1-3H3/b11-10+. The fraction of sp³-hybridized carbons (Fsp3) is 0.200. The third-order valence-corrected chi connectivity index (χ3v) is 4.48. The molecule has 0 fully saturated rings. The minimum atomic E-state index is -0.420. The van der Waals surface area contributed by atoms with Crippen molar-refractivity contribution < 1.29 is 4.92 Å². The zero-order chi connectivity index (χ0) is 17.3. The number of aryl methyl sites for hydroxylation is 2. The number of hydrogen-bond donors (Lipinski definition) is 0. The van der Waals surface area contributed by atoms with Crippen molar-refractivity contribution in [3.05, 3.63) is 86.7 Å². The van der Waals surface area contributed by atoms with Crippen LogP contribution < -0.4 is 0 Å². The van der Waals surface area contributed by atoms with Gasteiger partial charge in [0.2, 0.25) is 6.20 Å². The number of para-hydroxylation sites is 1. The molecular weight excluding hydrogens is 300 g/mol. The van der Waals surface area contributed by atoms with Gasteiger partial charge in [-0.15, -0.1) is 0 Å². The molecule has 3 rings (SSSR count). The average Bonchev–Trinajstić information content (AvgIpc) is 2.81. The molecule has 0 amide bonds. The van der Waals surface area contributed by atoms with Gasteiger partial charge in [-0.3, -0.25) is 10.1 Å². The third kappa shape index (κ3) is 2.95. The van der Waals surface area contributed by atoms with Gasteiger partial charge in [-0.25, -0.2) is 0 Å². The van der Waals surface area contributed by atoms with Gasteiger partial charge in [0.05, 0.1) is 4.92 Å². The van der Waals surface area contributed by atoms with Crippen molar-refractivity contribution in [2.24, 2.45) is 0 Å². The molecule has 0 atom stereocenters. The van der Waals surface area contributed by atoms with E-state index in [2.05, 4.69) is 42.7 Å². The second kappa shape index (κ2) is 6.32. The lowest BCUT2D eigenvalue weighted by molar-refractivity contribution is -0.400. The fourth-order valence-electron chi connectivity index (χ4n) is 3.15. The van der Waals surface area contributed by atoms with Crippen LogP contribution in [-0.2, 0) is 6.54 Å². The van der Waals surface area contributed by atoms with E-state index >= 15 is 0 Å². The van der Waals surface area contributed by atoms with Crippen LogP contribution in [0.15, 0.2) is 48.7 Å². The number of fused-ring (bicyclic) bond motifs is 1. The van der Waals surface area contributed by atoms with Gasteiger partial charge in [-0.2, -0.15) is 0 Å². The SMILES string of the molecule is Cc1ccc(C)c(Cn2c(C)c(/C=C/[N+](=O)[O-])c3ccccc32)c1. The van der Waals surface area contributed by atoms with E-state index in [9.17, 15) is 10.1 Å². The van der Waals surface area contributed by atoms with Gasteiger partial charge in [0, 0.05) is 34.8 Å². The molecule has 24 heavy (non-hydrogen) atoms. The van der Waals surface area contributed by atoms with Gasteiger partial charge >= 0.3 is 0 Å². The van der Waals surface area contributed by atoms with Crippen molar-refractivity contribution >= 4 is 17.0 Å². The van der Waals surface area contributed by atoms with E-state index in [1.807, 2.05) is 25.1 Å². The molecule has 0 radical (unpaired) electrons. The summed E-state index contributed by atoms with van der Waals surface area (Å²) in [5.74, 6) is 0. The van der Waals surface area contributed by atoms with Crippen molar-refractivity contribution in [1.82, 2.24) is 4.57 Å². The van der Waals surface area contributed by atoms with E-state index in [4.69, 9.17) is 0 Å². The summed E-state index contributed by atoms with van der Waals surface area (Å²) in [6.07, 6.45) is 2.61. The normalized spacial score (nSPS) is 11.5. The highest BCUT2D eigenvalue weighted by atomic mass is 16.6. The van der Waals surface area contributed by atoms with Gasteiger partial charge in [0.25, 0.3) is 0 Å². The van der Waals surface area contributed by atoms with Crippen LogP contribution in [0.1, 0.15) is 27.9 Å². The predicted molar refractivity (Wildman–Crippen MR) is 97.7 cm³/mol. The predicted octanol–water partition coefficient (Wildman–Crippen LogP) is 4.86. The Morgan fingerprint density at radius 1 is 1.12 bits per heavy atom. The first kappa shape index (κ1) is 16.0. The molecule has 0 spiro atoms. The summed E-state index contributed by atoms with van der Waals surface area (Å²) in [6.45, 7) is 6.98. The third-order valence-electron chi connectivity index (χ3n) is 4.48. The van der Waals surface area contributed by atoms with Crippen molar-refractivity contribution in [3.63, 3.8) is 0 Å². The van der Waals surface area contributed by atoms with Crippen LogP contribution in [0.5, 0.6) is 0 Å². The summed E-state index contributed by atoms with van der Waals surface area (Å²) < 4.78 is 2.23. The molecule has 0 unspecified atom stereocenters. The number of benzene rings is 2. The molecule has 0 saturated carbocycles. The van der Waals surface area contributed by atoms with Crippen LogP contribution in [0.2, 0.25) is 0 Å². The van der Waals surface area contributed by atoms with Crippen LogP contribution in [0.25, 0.3) is 17.0 Å². The minimum absolute atomic E-state index is 0.420. The zero-order valence-corrected chi connectivity index (χ0v) is 14.1. The highest BCUT2D eigenvalue weighted by molar-refractivity contribution is 5.91. The molecule has 0 aliphatic carbocycles. The lowest BCUT2D eigenvalue weighted by Crippen LogP contribution is -2.04. The van der Waals surface area contributed by atoms with Crippen LogP contribution >= 0.6 is 0 Å². The number of nitro groups is 1. The molecule has 4 heteroatoms. The van der Waals surface area contributed by atoms with Crippen LogP contribution in [0.4, 0.5) is 0 Å². The minimum Gasteiger partial charge on any atom is -0.340 e. The van der Waals surface area contributed by atoms with Gasteiger partial charge < -0.3 is 4.57 Å². The largest absolute Gasteiger partial charge is 0.340 e. The van der Waals surface area contributed by atoms with Gasteiger partial charge in [-0.1, -0.05) is 42.0 Å². The maximum atomic E-state index is 10.7. The maximum absolute atomic E-state index is 10.7. The summed E-state index contributed by atoms with van der Waals surface area (Å²) in [4.78, 5) is 10.3. The first-order valence-electron chi connectivity index (χ1n) is 7.93. The molecule has 122 valence electrons. The van der Waals surface area contributed by atoms with E-state index in [1.165, 1.54) is 16.7 Å². The van der Waals surface area contributed by atoms with E-state index < -0.39 is 4.92 Å². The number of aromatic nitrogens is 1. The molecule has 0 aliphatic rings. The van der Waals surface area contributed by atoms with Gasteiger partial charge in [-0.05, 0) is 38.0 Å². The van der Waals surface area contributed by atoms with Crippen LogP contribution in [0.3, 0.4) is 0 Å². The lowest BCUT2D eigenvalue weighted by Gasteiger charge is -2.12. The molecule has 1 heterocycles. The summed E-state index contributed by atoms with van der Waals surface area (Å²) in [7, 11) is 0. The smallest absolute Gasteiger partial charge is 0.235 e. The Morgan fingerprint density at radius 3 is 2.62 bits per heavy atom. The Balaban J connectivity index is 2.16. The molecule has 3 aromatic rings. The molecule has 0 saturated heterocycles. The molecule has 4 nitrogen and oxygen atoms in total. The van der Waals surface area contributed by atoms with E-state index in [-0.39, 0.29) is 0 Å².